The van der Waals surface area contributed by atoms with Crippen LogP contribution in [-0.2, 0) is 4.79 Å². The molecule has 0 aliphatic carbocycles. The predicted octanol–water partition coefficient (Wildman–Crippen LogP) is 2.21. The summed E-state index contributed by atoms with van der Waals surface area (Å²) in [6.07, 6.45) is 1.55. The summed E-state index contributed by atoms with van der Waals surface area (Å²) in [6, 6.07) is 7.88. The largest absolute Gasteiger partial charge is 0.320 e. The van der Waals surface area contributed by atoms with Gasteiger partial charge in [-0.25, -0.2) is 4.68 Å². The zero-order valence-corrected chi connectivity index (χ0v) is 11.3. The van der Waals surface area contributed by atoms with Crippen LogP contribution in [0.15, 0.2) is 24.3 Å². The van der Waals surface area contributed by atoms with E-state index in [1.54, 1.807) is 0 Å². The molecule has 0 N–H and O–H groups in total. The van der Waals surface area contributed by atoms with Gasteiger partial charge < -0.3 is 4.90 Å². The Balaban J connectivity index is 2.07. The summed E-state index contributed by atoms with van der Waals surface area (Å²) in [5, 5.41) is 8.46. The third-order valence-electron chi connectivity index (χ3n) is 3.65. The molecule has 5 heteroatoms. The fraction of sp³-hybridized carbons (Fsp3) is 0.500. The molecule has 0 spiro atoms. The minimum absolute atomic E-state index is 0.0394. The van der Waals surface area contributed by atoms with Gasteiger partial charge in [-0.2, -0.15) is 0 Å². The van der Waals surface area contributed by atoms with E-state index < -0.39 is 0 Å². The summed E-state index contributed by atoms with van der Waals surface area (Å²) in [5.41, 5.74) is 1.86. The van der Waals surface area contributed by atoms with Crippen LogP contribution in [0.3, 0.4) is 0 Å². The Morgan fingerprint density at radius 3 is 2.74 bits per heavy atom. The Bertz CT molecular complexity index is 604. The van der Waals surface area contributed by atoms with Crippen molar-refractivity contribution in [3.63, 3.8) is 0 Å². The fourth-order valence-corrected chi connectivity index (χ4v) is 2.81. The monoisotopic (exact) mass is 258 g/mol. The number of para-hydroxylation sites is 1. The van der Waals surface area contributed by atoms with Crippen molar-refractivity contribution < 1.29 is 4.79 Å². The number of fused-ring (bicyclic) bond motifs is 1. The molecule has 1 atom stereocenters. The summed E-state index contributed by atoms with van der Waals surface area (Å²) in [5.74, 6) is 0.519. The third kappa shape index (κ3) is 1.99. The first-order chi connectivity index (χ1) is 9.18. The maximum atomic E-state index is 12.0. The molecule has 1 aliphatic rings. The first-order valence-electron chi connectivity index (χ1n) is 6.78. The van der Waals surface area contributed by atoms with E-state index in [1.807, 2.05) is 33.8 Å². The van der Waals surface area contributed by atoms with Gasteiger partial charge in [-0.05, 0) is 24.5 Å². The van der Waals surface area contributed by atoms with E-state index in [0.29, 0.717) is 12.3 Å². The van der Waals surface area contributed by atoms with Gasteiger partial charge >= 0.3 is 0 Å². The molecular formula is C14H18N4O. The number of carbonyl (C=O) groups excluding carboxylic acids is 1. The van der Waals surface area contributed by atoms with Crippen molar-refractivity contribution >= 4 is 16.9 Å². The van der Waals surface area contributed by atoms with Gasteiger partial charge in [0.15, 0.2) is 0 Å². The number of amides is 1. The minimum atomic E-state index is -0.0394. The van der Waals surface area contributed by atoms with Crippen LogP contribution in [0, 0.1) is 5.92 Å². The maximum Gasteiger partial charge on any atom is 0.224 e. The maximum absolute atomic E-state index is 12.0. The highest BCUT2D eigenvalue weighted by Gasteiger charge is 2.32. The fourth-order valence-electron chi connectivity index (χ4n) is 2.81. The lowest BCUT2D eigenvalue weighted by atomic mass is 10.1. The first-order valence-corrected chi connectivity index (χ1v) is 6.78. The molecular weight excluding hydrogens is 240 g/mol. The van der Waals surface area contributed by atoms with E-state index in [2.05, 4.69) is 24.2 Å². The Morgan fingerprint density at radius 2 is 2.05 bits per heavy atom. The van der Waals surface area contributed by atoms with E-state index in [4.69, 9.17) is 0 Å². The van der Waals surface area contributed by atoms with Crippen molar-refractivity contribution in [2.24, 2.45) is 5.92 Å². The van der Waals surface area contributed by atoms with Crippen LogP contribution < -0.4 is 0 Å². The van der Waals surface area contributed by atoms with Crippen LogP contribution in [0.5, 0.6) is 0 Å². The van der Waals surface area contributed by atoms with E-state index in [0.717, 1.165) is 24.0 Å². The quantitative estimate of drug-likeness (QED) is 0.848. The number of hydrogen-bond acceptors (Lipinski definition) is 3. The Hall–Kier alpha value is -1.91. The second kappa shape index (κ2) is 4.64. The lowest BCUT2D eigenvalue weighted by Crippen LogP contribution is -2.37. The molecule has 0 saturated carbocycles. The van der Waals surface area contributed by atoms with Crippen LogP contribution in [-0.4, -0.2) is 32.3 Å². The Labute approximate surface area is 112 Å². The molecule has 1 aliphatic heterocycles. The topological polar surface area (TPSA) is 51.0 Å². The molecule has 2 heterocycles. The number of benzene rings is 1. The van der Waals surface area contributed by atoms with Gasteiger partial charge in [0.05, 0.1) is 5.52 Å². The number of likely N-dealkylation sites (tertiary alicyclic amines) is 1. The molecule has 19 heavy (non-hydrogen) atoms. The van der Waals surface area contributed by atoms with Gasteiger partial charge in [-0.15, -0.1) is 5.10 Å². The van der Waals surface area contributed by atoms with Crippen LogP contribution in [0.2, 0.25) is 0 Å². The molecule has 0 radical (unpaired) electrons. The lowest BCUT2D eigenvalue weighted by molar-refractivity contribution is -0.132. The highest BCUT2D eigenvalue weighted by molar-refractivity contribution is 5.79. The average Bonchev–Trinajstić information content (AvgIpc) is 2.98. The van der Waals surface area contributed by atoms with Gasteiger partial charge in [-0.3, -0.25) is 4.79 Å². The highest BCUT2D eigenvalue weighted by atomic mass is 16.2. The predicted molar refractivity (Wildman–Crippen MR) is 72.4 cm³/mol. The standard InChI is InChI=1S/C14H18N4O/c1-10(2)14(17-9-5-8-13(17)19)18-12-7-4-3-6-11(12)15-16-18/h3-4,6-7,10,14H,5,8-9H2,1-2H3. The van der Waals surface area contributed by atoms with E-state index in [9.17, 15) is 4.79 Å². The third-order valence-corrected chi connectivity index (χ3v) is 3.65. The summed E-state index contributed by atoms with van der Waals surface area (Å²) in [6.45, 7) is 5.05. The van der Waals surface area contributed by atoms with Crippen LogP contribution in [0.1, 0.15) is 32.9 Å². The van der Waals surface area contributed by atoms with Gasteiger partial charge in [-0.1, -0.05) is 31.2 Å². The molecule has 1 aromatic carbocycles. The Kier molecular flexibility index (Phi) is 2.97. The summed E-state index contributed by atoms with van der Waals surface area (Å²) in [4.78, 5) is 14.0. The van der Waals surface area contributed by atoms with Crippen molar-refractivity contribution in [1.82, 2.24) is 19.9 Å². The zero-order valence-electron chi connectivity index (χ0n) is 11.3. The second-order valence-electron chi connectivity index (χ2n) is 5.37. The minimum Gasteiger partial charge on any atom is -0.320 e. The van der Waals surface area contributed by atoms with Crippen molar-refractivity contribution in [3.8, 4) is 0 Å². The normalized spacial score (nSPS) is 17.6. The molecule has 100 valence electrons. The zero-order chi connectivity index (χ0) is 13.4. The van der Waals surface area contributed by atoms with Crippen LogP contribution in [0.4, 0.5) is 0 Å². The second-order valence-corrected chi connectivity index (χ2v) is 5.37. The van der Waals surface area contributed by atoms with Gasteiger partial charge in [0.1, 0.15) is 11.7 Å². The van der Waals surface area contributed by atoms with Crippen molar-refractivity contribution in [3.05, 3.63) is 24.3 Å². The molecule has 1 unspecified atom stereocenters. The number of aromatic nitrogens is 3. The van der Waals surface area contributed by atoms with Gasteiger partial charge in [0.25, 0.3) is 0 Å². The molecule has 1 amide bonds. The van der Waals surface area contributed by atoms with Crippen LogP contribution >= 0.6 is 0 Å². The van der Waals surface area contributed by atoms with Crippen LogP contribution in [0.25, 0.3) is 11.0 Å². The summed E-state index contributed by atoms with van der Waals surface area (Å²) >= 11 is 0. The van der Waals surface area contributed by atoms with E-state index >= 15 is 0 Å². The van der Waals surface area contributed by atoms with Gasteiger partial charge in [0, 0.05) is 13.0 Å². The highest BCUT2D eigenvalue weighted by Crippen LogP contribution is 2.29. The summed E-state index contributed by atoms with van der Waals surface area (Å²) < 4.78 is 1.89. The molecule has 2 aromatic rings. The molecule has 1 aromatic heterocycles. The Morgan fingerprint density at radius 1 is 1.26 bits per heavy atom. The number of carbonyl (C=O) groups is 1. The van der Waals surface area contributed by atoms with E-state index in [-0.39, 0.29) is 12.1 Å². The SMILES string of the molecule is CC(C)C(N1CCCC1=O)n1nnc2ccccc21. The number of rotatable bonds is 3. The lowest BCUT2D eigenvalue weighted by Gasteiger charge is -2.31. The van der Waals surface area contributed by atoms with Crippen molar-refractivity contribution in [1.29, 1.82) is 0 Å². The average molecular weight is 258 g/mol. The number of nitrogens with zero attached hydrogens (tertiary/aromatic N) is 4. The molecule has 0 bridgehead atoms. The smallest absolute Gasteiger partial charge is 0.224 e. The summed E-state index contributed by atoms with van der Waals surface area (Å²) in [7, 11) is 0. The molecule has 3 rings (SSSR count). The van der Waals surface area contributed by atoms with Crippen molar-refractivity contribution in [2.45, 2.75) is 32.9 Å². The first kappa shape index (κ1) is 12.1. The number of hydrogen-bond donors (Lipinski definition) is 0. The van der Waals surface area contributed by atoms with Crippen molar-refractivity contribution in [2.75, 3.05) is 6.54 Å². The molecule has 1 saturated heterocycles. The molecule has 1 fully saturated rings. The molecule has 5 nitrogen and oxygen atoms in total. The van der Waals surface area contributed by atoms with E-state index in [1.165, 1.54) is 0 Å². The van der Waals surface area contributed by atoms with Gasteiger partial charge in [0.2, 0.25) is 5.91 Å².